The third-order valence-electron chi connectivity index (χ3n) is 4.76. The molecule has 2 aromatic carbocycles. The van der Waals surface area contributed by atoms with Crippen LogP contribution < -0.4 is 11.1 Å². The van der Waals surface area contributed by atoms with E-state index in [-0.39, 0.29) is 0 Å². The van der Waals surface area contributed by atoms with Crippen LogP contribution in [-0.2, 0) is 0 Å². The van der Waals surface area contributed by atoms with E-state index in [1.807, 2.05) is 67.6 Å². The number of thiophene rings is 1. The first kappa shape index (κ1) is 19.6. The van der Waals surface area contributed by atoms with Gasteiger partial charge in [-0.25, -0.2) is 0 Å². The van der Waals surface area contributed by atoms with Gasteiger partial charge in [-0.3, -0.25) is 9.59 Å². The van der Waals surface area contributed by atoms with E-state index in [4.69, 9.17) is 10.3 Å². The second-order valence-corrected chi connectivity index (χ2v) is 7.97. The third-order valence-corrected chi connectivity index (χ3v) is 5.78. The Morgan fingerprint density at radius 3 is 2.13 bits per heavy atom. The zero-order valence-corrected chi connectivity index (χ0v) is 17.2. The third kappa shape index (κ3) is 3.51. The first-order chi connectivity index (χ1) is 14.5. The Morgan fingerprint density at radius 2 is 1.53 bits per heavy atom. The number of nitrogens with zero attached hydrogens (tertiary/aromatic N) is 1. The van der Waals surface area contributed by atoms with Crippen LogP contribution in [0.15, 0.2) is 65.2 Å². The average Bonchev–Trinajstić information content (AvgIpc) is 3.29. The average molecular weight is 417 g/mol. The number of amides is 2. The monoisotopic (exact) mass is 417 g/mol. The summed E-state index contributed by atoms with van der Waals surface area (Å²) in [6.45, 7) is 3.58. The van der Waals surface area contributed by atoms with E-state index >= 15 is 0 Å². The number of hydrogen-bond acceptors (Lipinski definition) is 5. The van der Waals surface area contributed by atoms with Crippen molar-refractivity contribution in [1.82, 2.24) is 5.16 Å². The van der Waals surface area contributed by atoms with Gasteiger partial charge in [-0.1, -0.05) is 65.8 Å². The minimum absolute atomic E-state index is 0.299. The molecule has 0 aliphatic carbocycles. The highest BCUT2D eigenvalue weighted by molar-refractivity contribution is 7.17. The Morgan fingerprint density at radius 1 is 0.933 bits per heavy atom. The van der Waals surface area contributed by atoms with Crippen LogP contribution in [0.4, 0.5) is 5.00 Å². The van der Waals surface area contributed by atoms with Gasteiger partial charge in [0.2, 0.25) is 0 Å². The number of anilines is 1. The number of benzene rings is 2. The van der Waals surface area contributed by atoms with E-state index in [1.54, 1.807) is 6.92 Å². The van der Waals surface area contributed by atoms with Crippen molar-refractivity contribution in [1.29, 1.82) is 0 Å². The molecule has 7 heteroatoms. The lowest BCUT2D eigenvalue weighted by atomic mass is 10.0. The van der Waals surface area contributed by atoms with Crippen molar-refractivity contribution in [3.63, 3.8) is 0 Å². The number of aromatic nitrogens is 1. The van der Waals surface area contributed by atoms with Crippen molar-refractivity contribution >= 4 is 28.2 Å². The molecule has 0 saturated heterocycles. The van der Waals surface area contributed by atoms with E-state index in [0.717, 1.165) is 21.6 Å². The van der Waals surface area contributed by atoms with Gasteiger partial charge in [0.1, 0.15) is 22.0 Å². The summed E-state index contributed by atoms with van der Waals surface area (Å²) in [5.74, 6) is -0.613. The summed E-state index contributed by atoms with van der Waals surface area (Å²) in [5, 5.41) is 7.31. The van der Waals surface area contributed by atoms with Gasteiger partial charge < -0.3 is 15.6 Å². The maximum absolute atomic E-state index is 13.2. The Balaban J connectivity index is 1.76. The minimum atomic E-state index is -0.598. The summed E-state index contributed by atoms with van der Waals surface area (Å²) < 4.78 is 5.29. The lowest BCUT2D eigenvalue weighted by Gasteiger charge is -2.07. The number of nitrogens with two attached hydrogens (primary N) is 1. The molecule has 30 heavy (non-hydrogen) atoms. The molecule has 0 saturated carbocycles. The fourth-order valence-corrected chi connectivity index (χ4v) is 4.50. The van der Waals surface area contributed by atoms with Crippen molar-refractivity contribution in [3.05, 3.63) is 82.4 Å². The van der Waals surface area contributed by atoms with Gasteiger partial charge in [0, 0.05) is 16.0 Å². The molecule has 0 unspecified atom stereocenters. The quantitative estimate of drug-likeness (QED) is 0.475. The predicted octanol–water partition coefficient (Wildman–Crippen LogP) is 5.04. The molecule has 4 aromatic rings. The zero-order chi connectivity index (χ0) is 21.3. The molecule has 0 bridgehead atoms. The van der Waals surface area contributed by atoms with Crippen molar-refractivity contribution < 1.29 is 14.1 Å². The van der Waals surface area contributed by atoms with Crippen LogP contribution in [-0.4, -0.2) is 17.0 Å². The Bertz CT molecular complexity index is 1230. The summed E-state index contributed by atoms with van der Waals surface area (Å²) in [4.78, 5) is 26.3. The molecule has 0 atom stereocenters. The molecule has 2 aromatic heterocycles. The standard InChI is InChI=1S/C23H19N3O3S/c1-13-17(20(26-29-13)16-11-7-4-8-12-16)22(28)25-23-19(21(24)27)18(14(2)30-23)15-9-5-3-6-10-15/h3-12H,1-2H3,(H2,24,27)(H,25,28). The van der Waals surface area contributed by atoms with Crippen LogP contribution in [0.5, 0.6) is 0 Å². The molecule has 2 heterocycles. The number of aryl methyl sites for hydroxylation is 2. The van der Waals surface area contributed by atoms with Crippen molar-refractivity contribution in [2.24, 2.45) is 5.73 Å². The van der Waals surface area contributed by atoms with Gasteiger partial charge >= 0.3 is 0 Å². The van der Waals surface area contributed by atoms with Crippen molar-refractivity contribution in [3.8, 4) is 22.4 Å². The Kier molecular flexibility index (Phi) is 5.20. The highest BCUT2D eigenvalue weighted by Crippen LogP contribution is 2.40. The van der Waals surface area contributed by atoms with Gasteiger partial charge in [0.25, 0.3) is 11.8 Å². The molecule has 4 rings (SSSR count). The molecule has 0 radical (unpaired) electrons. The number of rotatable bonds is 5. The van der Waals surface area contributed by atoms with Gasteiger partial charge in [-0.2, -0.15) is 0 Å². The van der Waals surface area contributed by atoms with Crippen LogP contribution in [0, 0.1) is 13.8 Å². The highest BCUT2D eigenvalue weighted by atomic mass is 32.1. The maximum atomic E-state index is 13.2. The van der Waals surface area contributed by atoms with Crippen molar-refractivity contribution in [2.45, 2.75) is 13.8 Å². The van der Waals surface area contributed by atoms with E-state index in [2.05, 4.69) is 10.5 Å². The van der Waals surface area contributed by atoms with E-state index < -0.39 is 11.8 Å². The first-order valence-electron chi connectivity index (χ1n) is 9.29. The zero-order valence-electron chi connectivity index (χ0n) is 16.4. The topological polar surface area (TPSA) is 98.2 Å². The summed E-state index contributed by atoms with van der Waals surface area (Å²) in [6.07, 6.45) is 0. The first-order valence-corrected chi connectivity index (χ1v) is 10.1. The second kappa shape index (κ2) is 7.96. The Labute approximate surface area is 177 Å². The SMILES string of the molecule is Cc1onc(-c2ccccc2)c1C(=O)Nc1sc(C)c(-c2ccccc2)c1C(N)=O. The van der Waals surface area contributed by atoms with E-state index in [1.165, 1.54) is 11.3 Å². The van der Waals surface area contributed by atoms with Crippen LogP contribution in [0.2, 0.25) is 0 Å². The molecule has 0 aliphatic heterocycles. The van der Waals surface area contributed by atoms with Gasteiger partial charge in [-0.15, -0.1) is 11.3 Å². The van der Waals surface area contributed by atoms with E-state index in [0.29, 0.717) is 27.6 Å². The number of primary amides is 1. The molecule has 6 nitrogen and oxygen atoms in total. The minimum Gasteiger partial charge on any atom is -0.365 e. The van der Waals surface area contributed by atoms with Crippen LogP contribution in [0.25, 0.3) is 22.4 Å². The summed E-state index contributed by atoms with van der Waals surface area (Å²) in [6, 6.07) is 18.8. The predicted molar refractivity (Wildman–Crippen MR) is 118 cm³/mol. The fraction of sp³-hybridized carbons (Fsp3) is 0.0870. The summed E-state index contributed by atoms with van der Waals surface area (Å²) in [7, 11) is 0. The molecule has 0 fully saturated rings. The fourth-order valence-electron chi connectivity index (χ4n) is 3.42. The normalized spacial score (nSPS) is 10.7. The molecule has 3 N–H and O–H groups in total. The summed E-state index contributed by atoms with van der Waals surface area (Å²) in [5.41, 5.74) is 9.13. The van der Waals surface area contributed by atoms with Crippen LogP contribution in [0.3, 0.4) is 0 Å². The molecule has 0 spiro atoms. The van der Waals surface area contributed by atoms with Crippen LogP contribution in [0.1, 0.15) is 31.4 Å². The molecule has 2 amide bonds. The number of nitrogens with one attached hydrogen (secondary N) is 1. The second-order valence-electron chi connectivity index (χ2n) is 6.75. The lowest BCUT2D eigenvalue weighted by Crippen LogP contribution is -2.18. The number of hydrogen-bond donors (Lipinski definition) is 2. The van der Waals surface area contributed by atoms with E-state index in [9.17, 15) is 9.59 Å². The highest BCUT2D eigenvalue weighted by Gasteiger charge is 2.26. The molecular formula is C23H19N3O3S. The summed E-state index contributed by atoms with van der Waals surface area (Å²) >= 11 is 1.31. The van der Waals surface area contributed by atoms with Crippen LogP contribution >= 0.6 is 11.3 Å². The Hall–Kier alpha value is -3.71. The smallest absolute Gasteiger partial charge is 0.262 e. The molecule has 0 aliphatic rings. The molecular weight excluding hydrogens is 398 g/mol. The van der Waals surface area contributed by atoms with Gasteiger partial charge in [-0.05, 0) is 19.4 Å². The number of carbonyl (C=O) groups excluding carboxylic acids is 2. The molecule has 150 valence electrons. The number of carbonyl (C=O) groups is 2. The lowest BCUT2D eigenvalue weighted by molar-refractivity contribution is 0.100. The van der Waals surface area contributed by atoms with Gasteiger partial charge in [0.15, 0.2) is 0 Å². The largest absolute Gasteiger partial charge is 0.365 e. The van der Waals surface area contributed by atoms with Gasteiger partial charge in [0.05, 0.1) is 5.56 Å². The van der Waals surface area contributed by atoms with Crippen molar-refractivity contribution in [2.75, 3.05) is 5.32 Å². The maximum Gasteiger partial charge on any atom is 0.262 e.